The van der Waals surface area contributed by atoms with Gasteiger partial charge in [-0.15, -0.1) is 0 Å². The number of esters is 1. The number of aromatic nitrogens is 3. The maximum absolute atomic E-state index is 12.6. The van der Waals surface area contributed by atoms with Gasteiger partial charge in [-0.3, -0.25) is 9.59 Å². The molecule has 8 nitrogen and oxygen atoms in total. The van der Waals surface area contributed by atoms with Crippen LogP contribution in [0, 0.1) is 6.92 Å². The van der Waals surface area contributed by atoms with E-state index in [-0.39, 0.29) is 11.4 Å². The smallest absolute Gasteiger partial charge is 0.344 e. The van der Waals surface area contributed by atoms with Gasteiger partial charge >= 0.3 is 5.97 Å². The molecule has 3 aromatic heterocycles. The summed E-state index contributed by atoms with van der Waals surface area (Å²) in [6.07, 6.45) is 2.78. The molecule has 0 atom stereocenters. The third kappa shape index (κ3) is 4.17. The fourth-order valence-electron chi connectivity index (χ4n) is 2.58. The van der Waals surface area contributed by atoms with Crippen LogP contribution in [-0.2, 0) is 16.1 Å². The number of fused-ring (bicyclic) bond motifs is 1. The van der Waals surface area contributed by atoms with Gasteiger partial charge in [-0.05, 0) is 38.1 Å². The van der Waals surface area contributed by atoms with Crippen molar-refractivity contribution in [2.45, 2.75) is 20.4 Å². The standard InChI is InChI=1S/C19H17ClN4O4/c1-3-24-9-14(17(26)13-6-4-11(2)22-18(13)24)19(27)28-10-16(25)23-15-7-5-12(20)8-21-15/h4-9H,3,10H2,1-2H3,(H,21,23,25). The lowest BCUT2D eigenvalue weighted by molar-refractivity contribution is -0.119. The molecule has 0 saturated heterocycles. The lowest BCUT2D eigenvalue weighted by Gasteiger charge is -2.11. The van der Waals surface area contributed by atoms with Crippen LogP contribution >= 0.6 is 11.6 Å². The molecule has 0 fully saturated rings. The molecule has 0 bridgehead atoms. The Balaban J connectivity index is 1.77. The van der Waals surface area contributed by atoms with Gasteiger partial charge in [-0.25, -0.2) is 14.8 Å². The maximum atomic E-state index is 12.6. The van der Waals surface area contributed by atoms with Crippen LogP contribution in [0.1, 0.15) is 23.0 Å². The van der Waals surface area contributed by atoms with Crippen LogP contribution in [0.5, 0.6) is 0 Å². The Morgan fingerprint density at radius 2 is 2.04 bits per heavy atom. The van der Waals surface area contributed by atoms with E-state index >= 15 is 0 Å². The molecular weight excluding hydrogens is 384 g/mol. The number of rotatable bonds is 5. The number of anilines is 1. The van der Waals surface area contributed by atoms with Crippen molar-refractivity contribution >= 4 is 40.3 Å². The van der Waals surface area contributed by atoms with E-state index in [1.807, 2.05) is 13.8 Å². The number of pyridine rings is 3. The molecule has 0 saturated carbocycles. The minimum Gasteiger partial charge on any atom is -0.452 e. The summed E-state index contributed by atoms with van der Waals surface area (Å²) in [4.78, 5) is 45.2. The first-order valence-electron chi connectivity index (χ1n) is 8.48. The van der Waals surface area contributed by atoms with Gasteiger partial charge in [-0.2, -0.15) is 0 Å². The quantitative estimate of drug-likeness (QED) is 0.660. The third-order valence-electron chi connectivity index (χ3n) is 3.95. The maximum Gasteiger partial charge on any atom is 0.344 e. The zero-order valence-corrected chi connectivity index (χ0v) is 16.0. The summed E-state index contributed by atoms with van der Waals surface area (Å²) < 4.78 is 6.69. The van der Waals surface area contributed by atoms with Crippen LogP contribution in [0.2, 0.25) is 5.02 Å². The van der Waals surface area contributed by atoms with Crippen LogP contribution in [0.3, 0.4) is 0 Å². The minimum absolute atomic E-state index is 0.155. The van der Waals surface area contributed by atoms with E-state index in [0.717, 1.165) is 5.69 Å². The molecule has 0 aliphatic heterocycles. The van der Waals surface area contributed by atoms with E-state index in [0.29, 0.717) is 22.6 Å². The Morgan fingerprint density at radius 3 is 2.71 bits per heavy atom. The van der Waals surface area contributed by atoms with E-state index in [4.69, 9.17) is 16.3 Å². The summed E-state index contributed by atoms with van der Waals surface area (Å²) in [5, 5.41) is 3.21. The average molecular weight is 401 g/mol. The second-order valence-electron chi connectivity index (χ2n) is 5.97. The van der Waals surface area contributed by atoms with Crippen molar-refractivity contribution in [3.05, 3.63) is 63.2 Å². The van der Waals surface area contributed by atoms with Crippen molar-refractivity contribution in [2.24, 2.45) is 0 Å². The Kier molecular flexibility index (Phi) is 5.70. The Labute approximate surface area is 165 Å². The number of hydrogen-bond acceptors (Lipinski definition) is 6. The van der Waals surface area contributed by atoms with Gasteiger partial charge in [0.15, 0.2) is 6.61 Å². The minimum atomic E-state index is -0.881. The fraction of sp³-hybridized carbons (Fsp3) is 0.211. The highest BCUT2D eigenvalue weighted by Gasteiger charge is 2.18. The molecule has 0 unspecified atom stereocenters. The topological polar surface area (TPSA) is 103 Å². The van der Waals surface area contributed by atoms with E-state index in [9.17, 15) is 14.4 Å². The zero-order valence-electron chi connectivity index (χ0n) is 15.2. The first kappa shape index (κ1) is 19.5. The van der Waals surface area contributed by atoms with Crippen molar-refractivity contribution in [2.75, 3.05) is 11.9 Å². The van der Waals surface area contributed by atoms with Gasteiger partial charge in [-0.1, -0.05) is 11.6 Å². The summed E-state index contributed by atoms with van der Waals surface area (Å²) in [5.74, 6) is -1.20. The molecule has 0 radical (unpaired) electrons. The molecule has 1 amide bonds. The first-order chi connectivity index (χ1) is 13.4. The van der Waals surface area contributed by atoms with Gasteiger partial charge in [0.2, 0.25) is 5.43 Å². The number of amides is 1. The highest BCUT2D eigenvalue weighted by Crippen LogP contribution is 2.12. The second kappa shape index (κ2) is 8.18. The Morgan fingerprint density at radius 1 is 1.25 bits per heavy atom. The number of nitrogens with one attached hydrogen (secondary N) is 1. The summed E-state index contributed by atoms with van der Waals surface area (Å²) in [6.45, 7) is 3.64. The van der Waals surface area contributed by atoms with E-state index in [1.54, 1.807) is 22.8 Å². The van der Waals surface area contributed by atoms with Crippen LogP contribution in [-0.4, -0.2) is 33.0 Å². The molecule has 0 aliphatic rings. The third-order valence-corrected chi connectivity index (χ3v) is 4.17. The lowest BCUT2D eigenvalue weighted by Crippen LogP contribution is -2.25. The number of carbonyl (C=O) groups is 2. The summed E-state index contributed by atoms with van der Waals surface area (Å²) in [5.41, 5.74) is 0.613. The van der Waals surface area contributed by atoms with E-state index in [1.165, 1.54) is 18.5 Å². The molecule has 0 spiro atoms. The molecule has 3 heterocycles. The number of nitrogens with zero attached hydrogens (tertiary/aromatic N) is 3. The highest BCUT2D eigenvalue weighted by atomic mass is 35.5. The molecular formula is C19H17ClN4O4. The van der Waals surface area contributed by atoms with Gasteiger partial charge in [0.05, 0.1) is 10.4 Å². The number of hydrogen-bond donors (Lipinski definition) is 1. The Bertz CT molecular complexity index is 1110. The lowest BCUT2D eigenvalue weighted by atomic mass is 10.2. The van der Waals surface area contributed by atoms with Gasteiger partial charge in [0, 0.05) is 24.6 Å². The Hall–Kier alpha value is -3.26. The summed E-state index contributed by atoms with van der Waals surface area (Å²) in [7, 11) is 0. The molecule has 1 N–H and O–H groups in total. The van der Waals surface area contributed by atoms with Crippen LogP contribution in [0.15, 0.2) is 41.5 Å². The van der Waals surface area contributed by atoms with Gasteiger partial charge < -0.3 is 14.6 Å². The summed E-state index contributed by atoms with van der Waals surface area (Å²) >= 11 is 5.73. The zero-order chi connectivity index (χ0) is 20.3. The van der Waals surface area contributed by atoms with Crippen molar-refractivity contribution in [1.29, 1.82) is 0 Å². The molecule has 0 aliphatic carbocycles. The van der Waals surface area contributed by atoms with Crippen LogP contribution < -0.4 is 10.7 Å². The van der Waals surface area contributed by atoms with Crippen molar-refractivity contribution in [3.63, 3.8) is 0 Å². The first-order valence-corrected chi connectivity index (χ1v) is 8.86. The number of ether oxygens (including phenoxy) is 1. The average Bonchev–Trinajstić information content (AvgIpc) is 2.68. The predicted octanol–water partition coefficient (Wildman–Crippen LogP) is 2.57. The highest BCUT2D eigenvalue weighted by molar-refractivity contribution is 6.30. The molecule has 144 valence electrons. The normalized spacial score (nSPS) is 10.7. The van der Waals surface area contributed by atoms with Gasteiger partial charge in [0.25, 0.3) is 5.91 Å². The van der Waals surface area contributed by atoms with E-state index < -0.39 is 23.9 Å². The molecule has 3 aromatic rings. The fourth-order valence-corrected chi connectivity index (χ4v) is 2.70. The molecule has 3 rings (SSSR count). The van der Waals surface area contributed by atoms with E-state index in [2.05, 4.69) is 15.3 Å². The molecule has 0 aromatic carbocycles. The van der Waals surface area contributed by atoms with Crippen molar-refractivity contribution in [3.8, 4) is 0 Å². The van der Waals surface area contributed by atoms with Crippen molar-refractivity contribution in [1.82, 2.24) is 14.5 Å². The van der Waals surface area contributed by atoms with Crippen molar-refractivity contribution < 1.29 is 14.3 Å². The summed E-state index contributed by atoms with van der Waals surface area (Å²) in [6, 6.07) is 6.40. The molecule has 9 heteroatoms. The van der Waals surface area contributed by atoms with Gasteiger partial charge in [0.1, 0.15) is 17.0 Å². The monoisotopic (exact) mass is 400 g/mol. The predicted molar refractivity (Wildman–Crippen MR) is 105 cm³/mol. The SMILES string of the molecule is CCn1cc(C(=O)OCC(=O)Nc2ccc(Cl)cn2)c(=O)c2ccc(C)nc21. The number of aryl methyl sites for hydroxylation is 2. The molecule has 28 heavy (non-hydrogen) atoms. The largest absolute Gasteiger partial charge is 0.452 e. The number of halogens is 1. The van der Waals surface area contributed by atoms with Crippen LogP contribution in [0.25, 0.3) is 11.0 Å². The second-order valence-corrected chi connectivity index (χ2v) is 6.40. The number of carbonyl (C=O) groups excluding carboxylic acids is 2. The van der Waals surface area contributed by atoms with Crippen LogP contribution in [0.4, 0.5) is 5.82 Å².